The van der Waals surface area contributed by atoms with E-state index in [9.17, 15) is 0 Å². The van der Waals surface area contributed by atoms with Crippen molar-refractivity contribution in [3.05, 3.63) is 28.7 Å². The Balaban J connectivity index is 2.54. The number of hydrogen-bond acceptors (Lipinski definition) is 2. The van der Waals surface area contributed by atoms with E-state index in [1.54, 1.807) is 0 Å². The van der Waals surface area contributed by atoms with Crippen LogP contribution < -0.4 is 11.1 Å². The van der Waals surface area contributed by atoms with Gasteiger partial charge in [0, 0.05) is 22.7 Å². The molecular formula is C12H19BrN2. The Morgan fingerprint density at radius 1 is 1.27 bits per heavy atom. The first kappa shape index (κ1) is 12.5. The van der Waals surface area contributed by atoms with Crippen molar-refractivity contribution in [2.75, 3.05) is 11.9 Å². The average molecular weight is 271 g/mol. The minimum absolute atomic E-state index is 0.367. The van der Waals surface area contributed by atoms with Crippen molar-refractivity contribution in [2.24, 2.45) is 11.7 Å². The Bertz CT molecular complexity index is 282. The molecule has 0 fully saturated rings. The lowest BCUT2D eigenvalue weighted by Crippen LogP contribution is -2.30. The molecule has 3 heteroatoms. The van der Waals surface area contributed by atoms with E-state index < -0.39 is 0 Å². The summed E-state index contributed by atoms with van der Waals surface area (Å²) in [6.45, 7) is 5.10. The van der Waals surface area contributed by atoms with E-state index in [1.165, 1.54) is 0 Å². The Morgan fingerprint density at radius 3 is 2.33 bits per heavy atom. The zero-order chi connectivity index (χ0) is 11.3. The van der Waals surface area contributed by atoms with Gasteiger partial charge < -0.3 is 11.1 Å². The monoisotopic (exact) mass is 270 g/mol. The van der Waals surface area contributed by atoms with Crippen LogP contribution in [-0.2, 0) is 0 Å². The molecule has 1 unspecified atom stereocenters. The molecule has 3 N–H and O–H groups in total. The van der Waals surface area contributed by atoms with E-state index in [1.807, 2.05) is 12.1 Å². The van der Waals surface area contributed by atoms with E-state index in [0.29, 0.717) is 18.5 Å². The van der Waals surface area contributed by atoms with Gasteiger partial charge in [-0.15, -0.1) is 0 Å². The summed E-state index contributed by atoms with van der Waals surface area (Å²) in [7, 11) is 0. The first-order chi connectivity index (χ1) is 7.11. The molecule has 0 saturated carbocycles. The molecule has 0 aliphatic rings. The van der Waals surface area contributed by atoms with Crippen LogP contribution in [0, 0.1) is 5.92 Å². The van der Waals surface area contributed by atoms with Crippen molar-refractivity contribution in [1.82, 2.24) is 0 Å². The summed E-state index contributed by atoms with van der Waals surface area (Å²) < 4.78 is 1.10. The smallest absolute Gasteiger partial charge is 0.0386 e. The fraction of sp³-hybridized carbons (Fsp3) is 0.500. The summed E-state index contributed by atoms with van der Waals surface area (Å²) in [5.41, 5.74) is 6.86. The van der Waals surface area contributed by atoms with Gasteiger partial charge in [-0.25, -0.2) is 0 Å². The van der Waals surface area contributed by atoms with Crippen LogP contribution in [0.4, 0.5) is 5.69 Å². The van der Waals surface area contributed by atoms with Crippen LogP contribution in [0.2, 0.25) is 0 Å². The van der Waals surface area contributed by atoms with Crippen LogP contribution >= 0.6 is 15.9 Å². The van der Waals surface area contributed by atoms with Crippen molar-refractivity contribution in [3.8, 4) is 0 Å². The second kappa shape index (κ2) is 6.13. The largest absolute Gasteiger partial charge is 0.381 e. The van der Waals surface area contributed by atoms with Gasteiger partial charge in [-0.3, -0.25) is 0 Å². The lowest BCUT2D eigenvalue weighted by atomic mass is 10.0. The Kier molecular flexibility index (Phi) is 5.12. The van der Waals surface area contributed by atoms with E-state index in [-0.39, 0.29) is 0 Å². The number of rotatable bonds is 5. The molecule has 1 atom stereocenters. The van der Waals surface area contributed by atoms with Crippen molar-refractivity contribution in [2.45, 2.75) is 26.3 Å². The lowest BCUT2D eigenvalue weighted by Gasteiger charge is -2.20. The second-order valence-corrected chi connectivity index (χ2v) is 5.13. The third kappa shape index (κ3) is 4.67. The maximum absolute atomic E-state index is 5.73. The molecule has 0 amide bonds. The highest BCUT2D eigenvalue weighted by atomic mass is 79.9. The van der Waals surface area contributed by atoms with Crippen LogP contribution in [-0.4, -0.2) is 12.6 Å². The zero-order valence-electron chi connectivity index (χ0n) is 9.33. The highest BCUT2D eigenvalue weighted by Crippen LogP contribution is 2.16. The van der Waals surface area contributed by atoms with E-state index in [2.05, 4.69) is 47.2 Å². The maximum atomic E-state index is 5.73. The SMILES string of the molecule is CC(C)CC(CN)Nc1ccc(Br)cc1. The Labute approximate surface area is 100 Å². The normalized spacial score (nSPS) is 12.9. The summed E-state index contributed by atoms with van der Waals surface area (Å²) >= 11 is 3.42. The predicted molar refractivity (Wildman–Crippen MR) is 70.1 cm³/mol. The van der Waals surface area contributed by atoms with Crippen LogP contribution in [0.1, 0.15) is 20.3 Å². The number of nitrogens with two attached hydrogens (primary N) is 1. The van der Waals surface area contributed by atoms with Gasteiger partial charge in [0.15, 0.2) is 0 Å². The first-order valence-electron chi connectivity index (χ1n) is 5.34. The van der Waals surface area contributed by atoms with Gasteiger partial charge in [-0.2, -0.15) is 0 Å². The second-order valence-electron chi connectivity index (χ2n) is 4.21. The van der Waals surface area contributed by atoms with Gasteiger partial charge in [-0.05, 0) is 36.6 Å². The maximum Gasteiger partial charge on any atom is 0.0386 e. The van der Waals surface area contributed by atoms with Crippen molar-refractivity contribution in [1.29, 1.82) is 0 Å². The third-order valence-corrected chi connectivity index (χ3v) is 2.78. The van der Waals surface area contributed by atoms with Crippen LogP contribution in [0.3, 0.4) is 0 Å². The van der Waals surface area contributed by atoms with Gasteiger partial charge in [-0.1, -0.05) is 29.8 Å². The summed E-state index contributed by atoms with van der Waals surface area (Å²) in [5, 5.41) is 3.44. The van der Waals surface area contributed by atoms with Gasteiger partial charge in [0.2, 0.25) is 0 Å². The fourth-order valence-electron chi connectivity index (χ4n) is 1.56. The number of anilines is 1. The molecule has 0 bridgehead atoms. The molecular weight excluding hydrogens is 252 g/mol. The summed E-state index contributed by atoms with van der Waals surface area (Å²) in [5.74, 6) is 0.668. The Morgan fingerprint density at radius 2 is 1.87 bits per heavy atom. The molecule has 1 rings (SSSR count). The fourth-order valence-corrected chi connectivity index (χ4v) is 1.83. The molecule has 0 heterocycles. The highest BCUT2D eigenvalue weighted by molar-refractivity contribution is 9.10. The molecule has 15 heavy (non-hydrogen) atoms. The van der Waals surface area contributed by atoms with Gasteiger partial charge in [0.25, 0.3) is 0 Å². The van der Waals surface area contributed by atoms with Crippen LogP contribution in [0.5, 0.6) is 0 Å². The highest BCUT2D eigenvalue weighted by Gasteiger charge is 2.08. The average Bonchev–Trinajstić information content (AvgIpc) is 2.19. The minimum Gasteiger partial charge on any atom is -0.381 e. The molecule has 2 nitrogen and oxygen atoms in total. The van der Waals surface area contributed by atoms with E-state index in [4.69, 9.17) is 5.73 Å². The van der Waals surface area contributed by atoms with E-state index in [0.717, 1.165) is 16.6 Å². The standard InChI is InChI=1S/C12H19BrN2/c1-9(2)7-12(8-14)15-11-5-3-10(13)4-6-11/h3-6,9,12,15H,7-8,14H2,1-2H3. The van der Waals surface area contributed by atoms with Crippen molar-refractivity contribution in [3.63, 3.8) is 0 Å². The van der Waals surface area contributed by atoms with E-state index >= 15 is 0 Å². The van der Waals surface area contributed by atoms with Gasteiger partial charge in [0.1, 0.15) is 0 Å². The Hall–Kier alpha value is -0.540. The molecule has 0 aliphatic heterocycles. The minimum atomic E-state index is 0.367. The number of hydrogen-bond donors (Lipinski definition) is 2. The summed E-state index contributed by atoms with van der Waals surface area (Å²) in [6, 6.07) is 8.56. The molecule has 0 aliphatic carbocycles. The molecule has 1 aromatic carbocycles. The number of benzene rings is 1. The first-order valence-corrected chi connectivity index (χ1v) is 6.13. The quantitative estimate of drug-likeness (QED) is 0.862. The van der Waals surface area contributed by atoms with Crippen LogP contribution in [0.15, 0.2) is 28.7 Å². The van der Waals surface area contributed by atoms with Gasteiger partial charge >= 0.3 is 0 Å². The number of halogens is 1. The number of nitrogens with one attached hydrogen (secondary N) is 1. The molecule has 1 aromatic rings. The molecule has 84 valence electrons. The third-order valence-electron chi connectivity index (χ3n) is 2.26. The summed E-state index contributed by atoms with van der Waals surface area (Å²) in [4.78, 5) is 0. The lowest BCUT2D eigenvalue weighted by molar-refractivity contribution is 0.522. The zero-order valence-corrected chi connectivity index (χ0v) is 10.9. The topological polar surface area (TPSA) is 38.0 Å². The van der Waals surface area contributed by atoms with Crippen molar-refractivity contribution < 1.29 is 0 Å². The van der Waals surface area contributed by atoms with Crippen LogP contribution in [0.25, 0.3) is 0 Å². The molecule has 0 spiro atoms. The molecule has 0 aromatic heterocycles. The summed E-state index contributed by atoms with van der Waals surface area (Å²) in [6.07, 6.45) is 1.10. The van der Waals surface area contributed by atoms with Crippen molar-refractivity contribution >= 4 is 21.6 Å². The van der Waals surface area contributed by atoms with Gasteiger partial charge in [0.05, 0.1) is 0 Å². The molecule has 0 radical (unpaired) electrons. The predicted octanol–water partition coefficient (Wildman–Crippen LogP) is 3.23. The molecule has 0 saturated heterocycles.